The van der Waals surface area contributed by atoms with Gasteiger partial charge in [-0.05, 0) is 23.5 Å². The summed E-state index contributed by atoms with van der Waals surface area (Å²) in [6.45, 7) is 3.81. The number of urea groups is 1. The quantitative estimate of drug-likeness (QED) is 0.564. The van der Waals surface area contributed by atoms with Crippen molar-refractivity contribution in [1.29, 1.82) is 0 Å². The summed E-state index contributed by atoms with van der Waals surface area (Å²) in [5.74, 6) is -0.862. The Labute approximate surface area is 206 Å². The van der Waals surface area contributed by atoms with Crippen LogP contribution in [0.1, 0.15) is 31.4 Å². The molecule has 4 rings (SSSR count). The minimum Gasteiger partial charge on any atom is -0.337 e. The van der Waals surface area contributed by atoms with Gasteiger partial charge in [-0.2, -0.15) is 0 Å². The van der Waals surface area contributed by atoms with Crippen molar-refractivity contribution in [2.45, 2.75) is 38.3 Å². The zero-order valence-corrected chi connectivity index (χ0v) is 20.8. The van der Waals surface area contributed by atoms with Crippen LogP contribution in [-0.2, 0) is 31.4 Å². The summed E-state index contributed by atoms with van der Waals surface area (Å²) in [5.41, 5.74) is 0.174. The van der Waals surface area contributed by atoms with E-state index in [1.54, 1.807) is 24.3 Å². The summed E-state index contributed by atoms with van der Waals surface area (Å²) in [6, 6.07) is 17.4. The van der Waals surface area contributed by atoms with Crippen LogP contribution in [0.4, 0.5) is 4.79 Å². The molecular formula is C26H31N3O5S. The standard InChI is InChI=1S/C26H31N3O5S/c1-19(2)16-28(22-13-14-35(33,34)18-22)23(30)17-29-24(31)26(27-25(29)32,21-11-7-4-8-12-21)15-20-9-5-3-6-10-20/h3-12,19,22H,13-18H2,1-2H3,(H,27,32). The summed E-state index contributed by atoms with van der Waals surface area (Å²) in [5, 5.41) is 2.87. The fourth-order valence-electron chi connectivity index (χ4n) is 4.91. The van der Waals surface area contributed by atoms with Gasteiger partial charge in [0.1, 0.15) is 6.54 Å². The molecule has 9 heteroatoms. The number of sulfone groups is 1. The number of nitrogens with one attached hydrogen (secondary N) is 1. The maximum atomic E-state index is 13.8. The van der Waals surface area contributed by atoms with Crippen LogP contribution in [0, 0.1) is 5.92 Å². The second kappa shape index (κ2) is 9.81. The molecule has 2 aliphatic rings. The van der Waals surface area contributed by atoms with E-state index in [1.807, 2.05) is 50.2 Å². The number of benzene rings is 2. The first-order valence-electron chi connectivity index (χ1n) is 11.8. The largest absolute Gasteiger partial charge is 0.337 e. The van der Waals surface area contributed by atoms with Crippen molar-refractivity contribution in [3.05, 3.63) is 71.8 Å². The molecular weight excluding hydrogens is 466 g/mol. The summed E-state index contributed by atoms with van der Waals surface area (Å²) >= 11 is 0. The third-order valence-corrected chi connectivity index (χ3v) is 8.33. The second-order valence-corrected chi connectivity index (χ2v) is 12.0. The van der Waals surface area contributed by atoms with Gasteiger partial charge in [-0.25, -0.2) is 13.2 Å². The Morgan fingerprint density at radius 2 is 1.71 bits per heavy atom. The predicted molar refractivity (Wildman–Crippen MR) is 132 cm³/mol. The van der Waals surface area contributed by atoms with Crippen molar-refractivity contribution < 1.29 is 22.8 Å². The highest BCUT2D eigenvalue weighted by molar-refractivity contribution is 7.91. The number of rotatable bonds is 8. The first kappa shape index (κ1) is 24.9. The lowest BCUT2D eigenvalue weighted by molar-refractivity contribution is -0.140. The molecule has 186 valence electrons. The van der Waals surface area contributed by atoms with Crippen LogP contribution in [0.3, 0.4) is 0 Å². The van der Waals surface area contributed by atoms with E-state index in [1.165, 1.54) is 4.90 Å². The van der Waals surface area contributed by atoms with Gasteiger partial charge in [0, 0.05) is 19.0 Å². The molecule has 2 aliphatic heterocycles. The third kappa shape index (κ3) is 5.24. The Balaban J connectivity index is 1.62. The Kier molecular flexibility index (Phi) is 6.98. The number of carbonyl (C=O) groups excluding carboxylic acids is 3. The average Bonchev–Trinajstić information content (AvgIpc) is 3.30. The monoisotopic (exact) mass is 497 g/mol. The van der Waals surface area contributed by atoms with Crippen LogP contribution in [0.25, 0.3) is 0 Å². The lowest BCUT2D eigenvalue weighted by atomic mass is 9.83. The number of amides is 4. The van der Waals surface area contributed by atoms with Crippen molar-refractivity contribution in [1.82, 2.24) is 15.1 Å². The normalized spacial score (nSPS) is 23.5. The first-order valence-corrected chi connectivity index (χ1v) is 13.7. The first-order chi connectivity index (χ1) is 16.6. The Bertz CT molecular complexity index is 1200. The molecule has 0 spiro atoms. The topological polar surface area (TPSA) is 104 Å². The Morgan fingerprint density at radius 3 is 2.29 bits per heavy atom. The van der Waals surface area contributed by atoms with Crippen LogP contribution in [0.5, 0.6) is 0 Å². The van der Waals surface area contributed by atoms with Gasteiger partial charge in [0.15, 0.2) is 15.4 Å². The molecule has 2 aromatic rings. The molecule has 2 saturated heterocycles. The van der Waals surface area contributed by atoms with Gasteiger partial charge in [0.2, 0.25) is 5.91 Å². The fourth-order valence-corrected chi connectivity index (χ4v) is 6.64. The van der Waals surface area contributed by atoms with E-state index in [0.717, 1.165) is 10.5 Å². The second-order valence-electron chi connectivity index (χ2n) is 9.75. The van der Waals surface area contributed by atoms with Crippen LogP contribution in [0.2, 0.25) is 0 Å². The van der Waals surface area contributed by atoms with Gasteiger partial charge in [-0.15, -0.1) is 0 Å². The molecule has 0 aliphatic carbocycles. The van der Waals surface area contributed by atoms with E-state index >= 15 is 0 Å². The van der Waals surface area contributed by atoms with Gasteiger partial charge in [-0.3, -0.25) is 14.5 Å². The summed E-state index contributed by atoms with van der Waals surface area (Å²) in [4.78, 5) is 42.8. The zero-order valence-electron chi connectivity index (χ0n) is 20.0. The number of hydrogen-bond donors (Lipinski definition) is 1. The van der Waals surface area contributed by atoms with Gasteiger partial charge in [-0.1, -0.05) is 74.5 Å². The van der Waals surface area contributed by atoms with E-state index in [4.69, 9.17) is 0 Å². The molecule has 2 atom stereocenters. The van der Waals surface area contributed by atoms with Crippen LogP contribution >= 0.6 is 0 Å². The molecule has 0 radical (unpaired) electrons. The number of nitrogens with zero attached hydrogens (tertiary/aromatic N) is 2. The highest BCUT2D eigenvalue weighted by atomic mass is 32.2. The van der Waals surface area contributed by atoms with Crippen LogP contribution in [0.15, 0.2) is 60.7 Å². The molecule has 35 heavy (non-hydrogen) atoms. The molecule has 0 saturated carbocycles. The molecule has 2 aromatic carbocycles. The highest BCUT2D eigenvalue weighted by Gasteiger charge is 2.53. The molecule has 4 amide bonds. The van der Waals surface area contributed by atoms with Crippen LogP contribution in [-0.4, -0.2) is 66.7 Å². The van der Waals surface area contributed by atoms with Crippen molar-refractivity contribution >= 4 is 27.7 Å². The van der Waals surface area contributed by atoms with Crippen molar-refractivity contribution in [3.63, 3.8) is 0 Å². The van der Waals surface area contributed by atoms with Crippen LogP contribution < -0.4 is 5.32 Å². The Morgan fingerprint density at radius 1 is 1.09 bits per heavy atom. The molecule has 0 aromatic heterocycles. The number of carbonyl (C=O) groups is 3. The van der Waals surface area contributed by atoms with E-state index in [2.05, 4.69) is 5.32 Å². The highest BCUT2D eigenvalue weighted by Crippen LogP contribution is 2.33. The maximum Gasteiger partial charge on any atom is 0.325 e. The molecule has 8 nitrogen and oxygen atoms in total. The molecule has 1 N–H and O–H groups in total. The summed E-state index contributed by atoms with van der Waals surface area (Å²) in [6.07, 6.45) is 0.604. The predicted octanol–water partition coefficient (Wildman–Crippen LogP) is 2.35. The average molecular weight is 498 g/mol. The SMILES string of the molecule is CC(C)CN(C(=O)CN1C(=O)NC(Cc2ccccc2)(c2ccccc2)C1=O)C1CCS(=O)(=O)C1. The van der Waals surface area contributed by atoms with Gasteiger partial charge in [0.25, 0.3) is 5.91 Å². The Hall–Kier alpha value is -3.20. The molecule has 2 heterocycles. The van der Waals surface area contributed by atoms with E-state index in [-0.39, 0.29) is 23.8 Å². The smallest absolute Gasteiger partial charge is 0.325 e. The van der Waals surface area contributed by atoms with Crippen molar-refractivity contribution in [3.8, 4) is 0 Å². The number of imide groups is 1. The van der Waals surface area contributed by atoms with Crippen molar-refractivity contribution in [2.24, 2.45) is 5.92 Å². The fraction of sp³-hybridized carbons (Fsp3) is 0.423. The minimum absolute atomic E-state index is 0.0386. The van der Waals surface area contributed by atoms with Gasteiger partial charge in [0.05, 0.1) is 11.5 Å². The lowest BCUT2D eigenvalue weighted by Crippen LogP contribution is -2.50. The lowest BCUT2D eigenvalue weighted by Gasteiger charge is -2.31. The molecule has 2 fully saturated rings. The van der Waals surface area contributed by atoms with Crippen molar-refractivity contribution in [2.75, 3.05) is 24.6 Å². The minimum atomic E-state index is -3.20. The maximum absolute atomic E-state index is 13.8. The van der Waals surface area contributed by atoms with E-state index in [0.29, 0.717) is 18.5 Å². The molecule has 2 unspecified atom stereocenters. The molecule has 0 bridgehead atoms. The van der Waals surface area contributed by atoms with Gasteiger partial charge < -0.3 is 10.2 Å². The number of hydrogen-bond acceptors (Lipinski definition) is 5. The van der Waals surface area contributed by atoms with E-state index in [9.17, 15) is 22.8 Å². The van der Waals surface area contributed by atoms with Gasteiger partial charge >= 0.3 is 6.03 Å². The summed E-state index contributed by atoms with van der Waals surface area (Å²) in [7, 11) is -3.20. The summed E-state index contributed by atoms with van der Waals surface area (Å²) < 4.78 is 24.1. The van der Waals surface area contributed by atoms with E-state index < -0.39 is 45.8 Å². The zero-order chi connectivity index (χ0) is 25.2. The third-order valence-electron chi connectivity index (χ3n) is 6.58.